The average molecular weight is 337 g/mol. The number of hydrogen-bond acceptors (Lipinski definition) is 6. The van der Waals surface area contributed by atoms with Gasteiger partial charge in [-0.25, -0.2) is 0 Å². The first-order chi connectivity index (χ1) is 12.1. The molecular weight excluding hydrogens is 326 g/mol. The van der Waals surface area contributed by atoms with Gasteiger partial charge in [-0.1, -0.05) is 0 Å². The van der Waals surface area contributed by atoms with Crippen molar-refractivity contribution < 1.29 is 23.6 Å². The van der Waals surface area contributed by atoms with Crippen LogP contribution in [0.3, 0.4) is 0 Å². The van der Waals surface area contributed by atoms with Gasteiger partial charge in [0.05, 0.1) is 11.2 Å². The van der Waals surface area contributed by atoms with E-state index in [1.165, 1.54) is 24.5 Å². The predicted molar refractivity (Wildman–Crippen MR) is 86.1 cm³/mol. The molecule has 0 radical (unpaired) electrons. The summed E-state index contributed by atoms with van der Waals surface area (Å²) in [6, 6.07) is 12.3. The van der Waals surface area contributed by atoms with Gasteiger partial charge in [0, 0.05) is 23.3 Å². The van der Waals surface area contributed by atoms with E-state index in [4.69, 9.17) is 13.9 Å². The molecule has 7 heteroatoms. The molecule has 0 aliphatic carbocycles. The molecular formula is C18H11NO6. The lowest BCUT2D eigenvalue weighted by Crippen LogP contribution is -2.00. The van der Waals surface area contributed by atoms with Gasteiger partial charge in [0.1, 0.15) is 12.4 Å². The first kappa shape index (κ1) is 14.9. The number of fused-ring (bicyclic) bond motifs is 2. The number of carbonyl (C=O) groups excluding carboxylic acids is 1. The molecule has 0 atom stereocenters. The van der Waals surface area contributed by atoms with Crippen LogP contribution in [-0.2, 0) is 6.61 Å². The molecule has 0 spiro atoms. The summed E-state index contributed by atoms with van der Waals surface area (Å²) in [6.45, 7) is 0.134. The number of rotatable bonds is 3. The van der Waals surface area contributed by atoms with Crippen LogP contribution in [0.25, 0.3) is 0 Å². The molecule has 25 heavy (non-hydrogen) atoms. The summed E-state index contributed by atoms with van der Waals surface area (Å²) in [7, 11) is 0. The molecule has 1 aliphatic rings. The lowest BCUT2D eigenvalue weighted by molar-refractivity contribution is -0.385. The van der Waals surface area contributed by atoms with E-state index < -0.39 is 4.92 Å². The Morgan fingerprint density at radius 3 is 2.64 bits per heavy atom. The lowest BCUT2D eigenvalue weighted by Gasteiger charge is -2.08. The van der Waals surface area contributed by atoms with E-state index in [1.54, 1.807) is 30.3 Å². The number of nitrogens with zero attached hydrogens (tertiary/aromatic N) is 1. The third-order valence-electron chi connectivity index (χ3n) is 3.81. The fraction of sp³-hybridized carbons (Fsp3) is 0.0556. The molecule has 0 amide bonds. The van der Waals surface area contributed by atoms with Crippen LogP contribution in [0.5, 0.6) is 17.2 Å². The Hall–Kier alpha value is -3.61. The summed E-state index contributed by atoms with van der Waals surface area (Å²) >= 11 is 0. The standard InChI is InChI=1S/C18H11NO6/c20-18(16-2-1-7-23-16)11-3-5-15-17(9-11)25-14-6-4-13(19(21)22)8-12(14)10-24-15/h1-9H,10H2. The van der Waals surface area contributed by atoms with Gasteiger partial charge in [-0.2, -0.15) is 0 Å². The van der Waals surface area contributed by atoms with Crippen molar-refractivity contribution in [3.63, 3.8) is 0 Å². The summed E-state index contributed by atoms with van der Waals surface area (Å²) < 4.78 is 16.6. The summed E-state index contributed by atoms with van der Waals surface area (Å²) in [5.41, 5.74) is 0.914. The smallest absolute Gasteiger partial charge is 0.270 e. The van der Waals surface area contributed by atoms with Gasteiger partial charge in [-0.3, -0.25) is 14.9 Å². The van der Waals surface area contributed by atoms with Crippen molar-refractivity contribution in [2.45, 2.75) is 6.61 Å². The van der Waals surface area contributed by atoms with E-state index in [1.807, 2.05) is 0 Å². The highest BCUT2D eigenvalue weighted by Crippen LogP contribution is 2.39. The van der Waals surface area contributed by atoms with Crippen molar-refractivity contribution in [2.75, 3.05) is 0 Å². The second-order valence-electron chi connectivity index (χ2n) is 5.41. The maximum absolute atomic E-state index is 12.4. The number of ether oxygens (including phenoxy) is 2. The average Bonchev–Trinajstić information content (AvgIpc) is 3.08. The molecule has 0 bridgehead atoms. The number of hydrogen-bond donors (Lipinski definition) is 0. The molecule has 4 rings (SSSR count). The van der Waals surface area contributed by atoms with Crippen molar-refractivity contribution in [2.24, 2.45) is 0 Å². The molecule has 7 nitrogen and oxygen atoms in total. The zero-order valence-electron chi connectivity index (χ0n) is 12.8. The SMILES string of the molecule is O=C(c1ccc2c(c1)Oc1ccc([N+](=O)[O-])cc1CO2)c1ccco1. The van der Waals surface area contributed by atoms with Crippen LogP contribution in [0.15, 0.2) is 59.2 Å². The van der Waals surface area contributed by atoms with Crippen LogP contribution in [0.2, 0.25) is 0 Å². The normalized spacial score (nSPS) is 12.2. The Kier molecular flexibility index (Phi) is 3.46. The molecule has 1 aromatic heterocycles. The minimum absolute atomic E-state index is 0.0365. The molecule has 124 valence electrons. The molecule has 0 fully saturated rings. The Morgan fingerprint density at radius 2 is 1.88 bits per heavy atom. The number of nitro benzene ring substituents is 1. The molecule has 2 aromatic carbocycles. The van der Waals surface area contributed by atoms with E-state index in [2.05, 4.69) is 0 Å². The second-order valence-corrected chi connectivity index (χ2v) is 5.41. The van der Waals surface area contributed by atoms with Gasteiger partial charge in [-0.15, -0.1) is 0 Å². The van der Waals surface area contributed by atoms with Gasteiger partial charge in [0.25, 0.3) is 5.69 Å². The first-order valence-electron chi connectivity index (χ1n) is 7.42. The lowest BCUT2D eigenvalue weighted by atomic mass is 10.1. The van der Waals surface area contributed by atoms with Gasteiger partial charge >= 0.3 is 0 Å². The summed E-state index contributed by atoms with van der Waals surface area (Å²) in [5, 5.41) is 10.9. The van der Waals surface area contributed by atoms with Crippen molar-refractivity contribution in [1.82, 2.24) is 0 Å². The Labute approximate surface area is 141 Å². The van der Waals surface area contributed by atoms with E-state index in [-0.39, 0.29) is 23.8 Å². The molecule has 2 heterocycles. The van der Waals surface area contributed by atoms with E-state index in [0.29, 0.717) is 28.4 Å². The van der Waals surface area contributed by atoms with Crippen LogP contribution in [0.4, 0.5) is 5.69 Å². The van der Waals surface area contributed by atoms with Crippen molar-refractivity contribution >= 4 is 11.5 Å². The Balaban J connectivity index is 1.70. The number of furan rings is 1. The highest BCUT2D eigenvalue weighted by molar-refractivity contribution is 6.07. The van der Waals surface area contributed by atoms with Gasteiger partial charge in [0.15, 0.2) is 17.3 Å². The number of carbonyl (C=O) groups is 1. The Bertz CT molecular complexity index is 977. The summed E-state index contributed by atoms with van der Waals surface area (Å²) in [5.74, 6) is 1.22. The van der Waals surface area contributed by atoms with Crippen LogP contribution in [0.1, 0.15) is 21.7 Å². The monoisotopic (exact) mass is 337 g/mol. The largest absolute Gasteiger partial charge is 0.485 e. The molecule has 0 N–H and O–H groups in total. The second kappa shape index (κ2) is 5.79. The summed E-state index contributed by atoms with van der Waals surface area (Å²) in [4.78, 5) is 22.8. The third kappa shape index (κ3) is 2.72. The number of non-ortho nitro benzene ring substituents is 1. The number of ketones is 1. The van der Waals surface area contributed by atoms with Crippen molar-refractivity contribution in [3.05, 3.63) is 81.8 Å². The number of benzene rings is 2. The van der Waals surface area contributed by atoms with Gasteiger partial charge in [0.2, 0.25) is 5.78 Å². The van der Waals surface area contributed by atoms with Crippen molar-refractivity contribution in [1.29, 1.82) is 0 Å². The maximum atomic E-state index is 12.4. The quantitative estimate of drug-likeness (QED) is 0.406. The highest BCUT2D eigenvalue weighted by Gasteiger charge is 2.21. The summed E-state index contributed by atoms with van der Waals surface area (Å²) in [6.07, 6.45) is 1.43. The first-order valence-corrected chi connectivity index (χ1v) is 7.42. The zero-order chi connectivity index (χ0) is 17.4. The fourth-order valence-corrected chi connectivity index (χ4v) is 2.56. The molecule has 0 unspecified atom stereocenters. The van der Waals surface area contributed by atoms with Crippen molar-refractivity contribution in [3.8, 4) is 17.2 Å². The van der Waals surface area contributed by atoms with Gasteiger partial charge < -0.3 is 13.9 Å². The molecule has 0 saturated carbocycles. The van der Waals surface area contributed by atoms with E-state index in [0.717, 1.165) is 0 Å². The van der Waals surface area contributed by atoms with E-state index in [9.17, 15) is 14.9 Å². The maximum Gasteiger partial charge on any atom is 0.270 e. The van der Waals surface area contributed by atoms with Crippen LogP contribution < -0.4 is 9.47 Å². The predicted octanol–water partition coefficient (Wildman–Crippen LogP) is 4.10. The van der Waals surface area contributed by atoms with Gasteiger partial charge in [-0.05, 0) is 36.4 Å². The minimum Gasteiger partial charge on any atom is -0.485 e. The Morgan fingerprint density at radius 1 is 1.04 bits per heavy atom. The third-order valence-corrected chi connectivity index (χ3v) is 3.81. The highest BCUT2D eigenvalue weighted by atomic mass is 16.6. The fourth-order valence-electron chi connectivity index (χ4n) is 2.56. The minimum atomic E-state index is -0.474. The molecule has 3 aromatic rings. The zero-order valence-corrected chi connectivity index (χ0v) is 12.8. The van der Waals surface area contributed by atoms with E-state index >= 15 is 0 Å². The van der Waals surface area contributed by atoms with Crippen LogP contribution in [-0.4, -0.2) is 10.7 Å². The number of nitro groups is 1. The molecule has 0 saturated heterocycles. The topological polar surface area (TPSA) is 91.8 Å². The van der Waals surface area contributed by atoms with Crippen LogP contribution >= 0.6 is 0 Å². The van der Waals surface area contributed by atoms with Crippen LogP contribution in [0, 0.1) is 10.1 Å². The molecule has 1 aliphatic heterocycles.